The molecule has 4 fully saturated rings. The van der Waals surface area contributed by atoms with Crippen molar-refractivity contribution in [1.82, 2.24) is 4.90 Å². The minimum atomic E-state index is -0.200. The summed E-state index contributed by atoms with van der Waals surface area (Å²) in [6.07, 6.45) is 4.54. The number of carbonyl (C=O) groups excluding carboxylic acids is 1. The van der Waals surface area contributed by atoms with Gasteiger partial charge in [0.05, 0.1) is 18.1 Å². The molecule has 0 aromatic heterocycles. The first-order valence-electron chi connectivity index (χ1n) is 8.64. The van der Waals surface area contributed by atoms with Crippen LogP contribution in [-0.2, 0) is 9.53 Å². The van der Waals surface area contributed by atoms with Crippen molar-refractivity contribution < 1.29 is 9.53 Å². The first-order valence-corrected chi connectivity index (χ1v) is 9.44. The number of fused-ring (bicyclic) bond motifs is 2. The summed E-state index contributed by atoms with van der Waals surface area (Å²) in [5, 5.41) is 0. The molecule has 1 aromatic carbocycles. The lowest BCUT2D eigenvalue weighted by Crippen LogP contribution is -2.35. The molecule has 0 bridgehead atoms. The van der Waals surface area contributed by atoms with Gasteiger partial charge in [0.25, 0.3) is 0 Å². The number of hydrogen-bond donors (Lipinski definition) is 0. The van der Waals surface area contributed by atoms with E-state index in [1.165, 1.54) is 19.3 Å². The van der Waals surface area contributed by atoms with Crippen LogP contribution in [0.1, 0.15) is 51.3 Å². The van der Waals surface area contributed by atoms with Crippen LogP contribution in [0.4, 0.5) is 0 Å². The maximum Gasteiger partial charge on any atom is 0.232 e. The number of ether oxygens (including phenoxy) is 1. The Morgan fingerprint density at radius 3 is 2.48 bits per heavy atom. The molecule has 2 spiro atoms. The summed E-state index contributed by atoms with van der Waals surface area (Å²) < 4.78 is 7.07. The van der Waals surface area contributed by atoms with Crippen molar-refractivity contribution in [2.45, 2.75) is 51.8 Å². The summed E-state index contributed by atoms with van der Waals surface area (Å²) in [5.41, 5.74) is 1.41. The van der Waals surface area contributed by atoms with E-state index in [1.54, 1.807) is 0 Å². The van der Waals surface area contributed by atoms with Crippen LogP contribution in [0.15, 0.2) is 28.7 Å². The van der Waals surface area contributed by atoms with Crippen molar-refractivity contribution in [2.75, 3.05) is 6.61 Å². The molecule has 4 aliphatic rings. The molecule has 0 radical (unpaired) electrons. The molecule has 0 N–H and O–H groups in total. The van der Waals surface area contributed by atoms with Crippen LogP contribution in [0, 0.1) is 16.2 Å². The van der Waals surface area contributed by atoms with E-state index in [4.69, 9.17) is 4.74 Å². The third-order valence-electron chi connectivity index (χ3n) is 7.61. The summed E-state index contributed by atoms with van der Waals surface area (Å²) >= 11 is 3.48. The van der Waals surface area contributed by atoms with Gasteiger partial charge in [-0.2, -0.15) is 0 Å². The monoisotopic (exact) mass is 375 g/mol. The molecule has 3 atom stereocenters. The Kier molecular flexibility index (Phi) is 2.65. The smallest absolute Gasteiger partial charge is 0.232 e. The van der Waals surface area contributed by atoms with Crippen LogP contribution >= 0.6 is 15.9 Å². The van der Waals surface area contributed by atoms with E-state index in [2.05, 4.69) is 46.8 Å². The minimum Gasteiger partial charge on any atom is -0.352 e. The Morgan fingerprint density at radius 2 is 1.91 bits per heavy atom. The number of benzene rings is 1. The van der Waals surface area contributed by atoms with Crippen LogP contribution in [0.25, 0.3) is 0 Å². The lowest BCUT2D eigenvalue weighted by atomic mass is 9.73. The summed E-state index contributed by atoms with van der Waals surface area (Å²) in [6, 6.07) is 8.43. The molecule has 2 aliphatic heterocycles. The van der Waals surface area contributed by atoms with Gasteiger partial charge in [0, 0.05) is 10.0 Å². The molecular weight excluding hydrogens is 354 g/mol. The third kappa shape index (κ3) is 1.41. The number of halogens is 1. The Labute approximate surface area is 145 Å². The van der Waals surface area contributed by atoms with Gasteiger partial charge in [0.15, 0.2) is 6.23 Å². The first-order chi connectivity index (χ1) is 10.9. The van der Waals surface area contributed by atoms with Crippen molar-refractivity contribution in [3.63, 3.8) is 0 Å². The number of amides is 1. The normalized spacial score (nSPS) is 38.9. The zero-order valence-corrected chi connectivity index (χ0v) is 15.2. The SMILES string of the molecule is CC1(C)C2(CCC2)[C@@]12C[C@H]1CO[C@H](c3ccc(Br)cc3)N1C2=O. The second-order valence-electron chi connectivity index (χ2n) is 8.27. The standard InChI is InChI=1S/C19H22BrNO2/c1-17(2)18(8-3-9-18)19(17)10-14-11-23-15(21(14)16(19)22)12-4-6-13(20)7-5-12/h4-7,14-15H,3,8-11H2,1-2H3/t14-,15+,19+/m0/s1. The Balaban J connectivity index is 1.51. The number of nitrogens with zero attached hydrogens (tertiary/aromatic N) is 1. The summed E-state index contributed by atoms with van der Waals surface area (Å²) in [6.45, 7) is 5.32. The highest BCUT2D eigenvalue weighted by Gasteiger charge is 2.89. The van der Waals surface area contributed by atoms with E-state index in [9.17, 15) is 4.79 Å². The molecule has 122 valence electrons. The fourth-order valence-electron chi connectivity index (χ4n) is 6.19. The molecule has 3 nitrogen and oxygen atoms in total. The average Bonchev–Trinajstić information content (AvgIpc) is 2.77. The lowest BCUT2D eigenvalue weighted by Gasteiger charge is -2.31. The van der Waals surface area contributed by atoms with E-state index >= 15 is 0 Å². The minimum absolute atomic E-state index is 0.111. The van der Waals surface area contributed by atoms with Gasteiger partial charge in [-0.05, 0) is 42.2 Å². The van der Waals surface area contributed by atoms with Crippen molar-refractivity contribution in [1.29, 1.82) is 0 Å². The second kappa shape index (κ2) is 4.20. The Hall–Kier alpha value is -0.870. The van der Waals surface area contributed by atoms with Crippen molar-refractivity contribution in [2.24, 2.45) is 16.2 Å². The molecule has 1 amide bonds. The van der Waals surface area contributed by atoms with Gasteiger partial charge in [-0.15, -0.1) is 0 Å². The van der Waals surface area contributed by atoms with Gasteiger partial charge < -0.3 is 9.64 Å². The van der Waals surface area contributed by atoms with E-state index in [-0.39, 0.29) is 28.5 Å². The highest BCUT2D eigenvalue weighted by molar-refractivity contribution is 9.10. The fourth-order valence-corrected chi connectivity index (χ4v) is 6.46. The van der Waals surface area contributed by atoms with Crippen LogP contribution in [0.5, 0.6) is 0 Å². The molecular formula is C19H22BrNO2. The molecule has 5 rings (SSSR count). The van der Waals surface area contributed by atoms with Crippen LogP contribution in [0.2, 0.25) is 0 Å². The molecule has 2 saturated heterocycles. The molecule has 23 heavy (non-hydrogen) atoms. The van der Waals surface area contributed by atoms with Crippen molar-refractivity contribution in [3.05, 3.63) is 34.3 Å². The van der Waals surface area contributed by atoms with Crippen LogP contribution in [0.3, 0.4) is 0 Å². The molecule has 1 aromatic rings. The van der Waals surface area contributed by atoms with Gasteiger partial charge >= 0.3 is 0 Å². The number of rotatable bonds is 1. The van der Waals surface area contributed by atoms with E-state index < -0.39 is 0 Å². The van der Waals surface area contributed by atoms with Crippen molar-refractivity contribution in [3.8, 4) is 0 Å². The Morgan fingerprint density at radius 1 is 1.22 bits per heavy atom. The van der Waals surface area contributed by atoms with Crippen molar-refractivity contribution >= 4 is 21.8 Å². The molecule has 4 heteroatoms. The van der Waals surface area contributed by atoms with Gasteiger partial charge in [0.2, 0.25) is 5.91 Å². The zero-order valence-electron chi connectivity index (χ0n) is 13.6. The highest BCUT2D eigenvalue weighted by atomic mass is 79.9. The topological polar surface area (TPSA) is 29.5 Å². The molecule has 0 unspecified atom stereocenters. The maximum absolute atomic E-state index is 13.5. The molecule has 2 aliphatic carbocycles. The van der Waals surface area contributed by atoms with E-state index in [0.717, 1.165) is 16.5 Å². The largest absolute Gasteiger partial charge is 0.352 e. The van der Waals surface area contributed by atoms with Crippen LogP contribution < -0.4 is 0 Å². The maximum atomic E-state index is 13.5. The van der Waals surface area contributed by atoms with Gasteiger partial charge in [-0.1, -0.05) is 48.3 Å². The van der Waals surface area contributed by atoms with Gasteiger partial charge in [-0.3, -0.25) is 4.79 Å². The Bertz CT molecular complexity index is 694. The highest BCUT2D eigenvalue weighted by Crippen LogP contribution is 2.89. The number of carbonyl (C=O) groups is 1. The van der Waals surface area contributed by atoms with Gasteiger partial charge in [-0.25, -0.2) is 0 Å². The predicted octanol–water partition coefficient (Wildman–Crippen LogP) is 4.28. The predicted molar refractivity (Wildman–Crippen MR) is 90.6 cm³/mol. The lowest BCUT2D eigenvalue weighted by molar-refractivity contribution is -0.141. The molecule has 2 heterocycles. The van der Waals surface area contributed by atoms with E-state index in [0.29, 0.717) is 12.5 Å². The quantitative estimate of drug-likeness (QED) is 0.733. The third-order valence-corrected chi connectivity index (χ3v) is 8.14. The van der Waals surface area contributed by atoms with Gasteiger partial charge in [0.1, 0.15) is 0 Å². The van der Waals surface area contributed by atoms with Crippen LogP contribution in [-0.4, -0.2) is 23.5 Å². The molecule has 2 saturated carbocycles. The summed E-state index contributed by atoms with van der Waals surface area (Å²) in [7, 11) is 0. The summed E-state index contributed by atoms with van der Waals surface area (Å²) in [5.74, 6) is 0.359. The second-order valence-corrected chi connectivity index (χ2v) is 9.19. The van der Waals surface area contributed by atoms with E-state index in [1.807, 2.05) is 12.1 Å². The average molecular weight is 376 g/mol. The first kappa shape index (κ1) is 14.5. The zero-order chi connectivity index (χ0) is 16.0. The fraction of sp³-hybridized carbons (Fsp3) is 0.632. The number of hydrogen-bond acceptors (Lipinski definition) is 2. The summed E-state index contributed by atoms with van der Waals surface area (Å²) in [4.78, 5) is 15.5.